The van der Waals surface area contributed by atoms with Crippen LogP contribution in [0, 0.1) is 6.92 Å². The van der Waals surface area contributed by atoms with Gasteiger partial charge in [0.2, 0.25) is 0 Å². The number of hydrogen-bond donors (Lipinski definition) is 0. The minimum absolute atomic E-state index is 0.0253. The van der Waals surface area contributed by atoms with Crippen molar-refractivity contribution in [2.75, 3.05) is 39.8 Å². The number of hydrazone groups is 1. The second-order valence-corrected chi connectivity index (χ2v) is 9.13. The van der Waals surface area contributed by atoms with Crippen LogP contribution in [0.25, 0.3) is 0 Å². The van der Waals surface area contributed by atoms with E-state index in [4.69, 9.17) is 14.4 Å². The molecule has 2 aromatic carbocycles. The van der Waals surface area contributed by atoms with Gasteiger partial charge in [-0.3, -0.25) is 14.6 Å². The summed E-state index contributed by atoms with van der Waals surface area (Å²) in [7, 11) is 1.66. The van der Waals surface area contributed by atoms with Crippen LogP contribution in [-0.2, 0) is 11.3 Å². The van der Waals surface area contributed by atoms with Gasteiger partial charge in [0, 0.05) is 45.2 Å². The molecular weight excluding hydrogens is 442 g/mol. The van der Waals surface area contributed by atoms with E-state index in [0.717, 1.165) is 66.8 Å². The van der Waals surface area contributed by atoms with Gasteiger partial charge in [-0.05, 0) is 30.2 Å². The van der Waals surface area contributed by atoms with Gasteiger partial charge in [-0.1, -0.05) is 47.6 Å². The first-order valence-electron chi connectivity index (χ1n) is 12.0. The van der Waals surface area contributed by atoms with Crippen molar-refractivity contribution >= 4 is 11.6 Å². The summed E-state index contributed by atoms with van der Waals surface area (Å²) in [6, 6.07) is 19.9. The molecule has 1 aromatic heterocycles. The van der Waals surface area contributed by atoms with Crippen molar-refractivity contribution in [1.82, 2.24) is 20.0 Å². The molecule has 8 heteroatoms. The zero-order valence-electron chi connectivity index (χ0n) is 20.3. The van der Waals surface area contributed by atoms with Crippen LogP contribution in [0.15, 0.2) is 70.3 Å². The molecule has 1 amide bonds. The van der Waals surface area contributed by atoms with Crippen molar-refractivity contribution in [3.8, 4) is 5.75 Å². The van der Waals surface area contributed by atoms with Gasteiger partial charge in [-0.2, -0.15) is 5.10 Å². The molecule has 1 saturated heterocycles. The lowest BCUT2D eigenvalue weighted by molar-refractivity contribution is -0.134. The van der Waals surface area contributed by atoms with Crippen LogP contribution in [0.4, 0.5) is 0 Å². The van der Waals surface area contributed by atoms with Crippen molar-refractivity contribution in [2.24, 2.45) is 5.10 Å². The van der Waals surface area contributed by atoms with E-state index in [2.05, 4.69) is 15.0 Å². The molecule has 182 valence electrons. The summed E-state index contributed by atoms with van der Waals surface area (Å²) in [5.41, 5.74) is 4.00. The van der Waals surface area contributed by atoms with E-state index in [0.29, 0.717) is 13.0 Å². The summed E-state index contributed by atoms with van der Waals surface area (Å²) in [5.74, 6) is 1.65. The van der Waals surface area contributed by atoms with E-state index in [1.165, 1.54) is 0 Å². The highest BCUT2D eigenvalue weighted by atomic mass is 16.5. The number of benzene rings is 2. The number of carbonyl (C=O) groups is 1. The normalized spacial score (nSPS) is 19.1. The number of aromatic nitrogens is 1. The zero-order valence-corrected chi connectivity index (χ0v) is 20.3. The van der Waals surface area contributed by atoms with E-state index < -0.39 is 0 Å². The summed E-state index contributed by atoms with van der Waals surface area (Å²) in [6.07, 6.45) is 0.687. The molecule has 1 unspecified atom stereocenters. The Labute approximate surface area is 205 Å². The molecule has 0 spiro atoms. The van der Waals surface area contributed by atoms with E-state index >= 15 is 0 Å². The summed E-state index contributed by atoms with van der Waals surface area (Å²) < 4.78 is 10.5. The number of piperazine rings is 1. The van der Waals surface area contributed by atoms with Gasteiger partial charge in [-0.15, -0.1) is 0 Å². The Morgan fingerprint density at radius 3 is 2.40 bits per heavy atom. The number of carbonyl (C=O) groups excluding carboxylic acids is 1. The maximum atomic E-state index is 13.5. The Bertz CT molecular complexity index is 1170. The molecule has 35 heavy (non-hydrogen) atoms. The molecule has 2 aliphatic heterocycles. The molecule has 1 atom stereocenters. The average Bonchev–Trinajstić information content (AvgIpc) is 3.52. The van der Waals surface area contributed by atoms with Gasteiger partial charge in [0.1, 0.15) is 11.5 Å². The third-order valence-electron chi connectivity index (χ3n) is 6.66. The van der Waals surface area contributed by atoms with Gasteiger partial charge in [0.15, 0.2) is 0 Å². The number of nitrogens with zero attached hydrogens (tertiary/aromatic N) is 5. The summed E-state index contributed by atoms with van der Waals surface area (Å²) in [5, 5.41) is 10.6. The quantitative estimate of drug-likeness (QED) is 0.523. The lowest BCUT2D eigenvalue weighted by Gasteiger charge is -2.34. The highest BCUT2D eigenvalue weighted by Gasteiger charge is 2.34. The predicted molar refractivity (Wildman–Crippen MR) is 133 cm³/mol. The van der Waals surface area contributed by atoms with Crippen molar-refractivity contribution < 1.29 is 14.1 Å². The van der Waals surface area contributed by atoms with Gasteiger partial charge in [0.05, 0.1) is 31.1 Å². The van der Waals surface area contributed by atoms with Gasteiger partial charge in [0.25, 0.3) is 5.91 Å². The number of amides is 1. The monoisotopic (exact) mass is 473 g/mol. The first-order chi connectivity index (χ1) is 17.1. The number of aryl methyl sites for hydroxylation is 1. The highest BCUT2D eigenvalue weighted by molar-refractivity contribution is 6.03. The fraction of sp³-hybridized carbons (Fsp3) is 0.370. The summed E-state index contributed by atoms with van der Waals surface area (Å²) >= 11 is 0. The smallest absolute Gasteiger partial charge is 0.257 e. The maximum Gasteiger partial charge on any atom is 0.257 e. The van der Waals surface area contributed by atoms with Crippen LogP contribution < -0.4 is 4.74 Å². The van der Waals surface area contributed by atoms with E-state index in [1.807, 2.05) is 67.6 Å². The molecule has 3 aromatic rings. The van der Waals surface area contributed by atoms with E-state index in [-0.39, 0.29) is 11.9 Å². The molecule has 0 aliphatic carbocycles. The standard InChI is InChI=1S/C27H31N5O3/c1-20-16-23(29-35-20)18-30-12-14-31(15-13-30)19-27(33)32-26(22-8-10-24(34-2)11-9-22)17-25(28-32)21-6-4-3-5-7-21/h3-11,16,26H,12-15,17-19H2,1-2H3. The van der Waals surface area contributed by atoms with Crippen LogP contribution in [0.3, 0.4) is 0 Å². The third-order valence-corrected chi connectivity index (χ3v) is 6.66. The fourth-order valence-corrected chi connectivity index (χ4v) is 4.72. The van der Waals surface area contributed by atoms with E-state index in [9.17, 15) is 4.79 Å². The number of hydrogen-bond acceptors (Lipinski definition) is 7. The molecule has 0 saturated carbocycles. The Morgan fingerprint density at radius 1 is 1.03 bits per heavy atom. The lowest BCUT2D eigenvalue weighted by atomic mass is 9.98. The van der Waals surface area contributed by atoms with Crippen LogP contribution >= 0.6 is 0 Å². The zero-order chi connectivity index (χ0) is 24.2. The lowest BCUT2D eigenvalue weighted by Crippen LogP contribution is -2.49. The topological polar surface area (TPSA) is 74.4 Å². The van der Waals surface area contributed by atoms with Gasteiger partial charge < -0.3 is 9.26 Å². The first kappa shape index (κ1) is 23.3. The fourth-order valence-electron chi connectivity index (χ4n) is 4.72. The van der Waals surface area contributed by atoms with Crippen LogP contribution in [0.5, 0.6) is 5.75 Å². The molecule has 0 N–H and O–H groups in total. The van der Waals surface area contributed by atoms with Crippen molar-refractivity contribution in [3.63, 3.8) is 0 Å². The Hall–Kier alpha value is -3.49. The largest absolute Gasteiger partial charge is 0.497 e. The molecule has 0 bridgehead atoms. The van der Waals surface area contributed by atoms with Crippen LogP contribution in [0.1, 0.15) is 35.0 Å². The summed E-state index contributed by atoms with van der Waals surface area (Å²) in [4.78, 5) is 18.1. The molecule has 2 aliphatic rings. The molecule has 0 radical (unpaired) electrons. The minimum atomic E-state index is -0.125. The highest BCUT2D eigenvalue weighted by Crippen LogP contribution is 2.33. The SMILES string of the molecule is COc1ccc(C2CC(c3ccccc3)=NN2C(=O)CN2CCN(Cc3cc(C)on3)CC2)cc1. The Kier molecular flexibility index (Phi) is 6.92. The number of rotatable bonds is 7. The van der Waals surface area contributed by atoms with Crippen LogP contribution in [-0.4, -0.2) is 71.4 Å². The molecule has 3 heterocycles. The first-order valence-corrected chi connectivity index (χ1v) is 12.0. The second kappa shape index (κ2) is 10.4. The van der Waals surface area contributed by atoms with Gasteiger partial charge >= 0.3 is 0 Å². The van der Waals surface area contributed by atoms with E-state index in [1.54, 1.807) is 12.1 Å². The molecule has 1 fully saturated rings. The molecule has 8 nitrogen and oxygen atoms in total. The Morgan fingerprint density at radius 2 is 1.74 bits per heavy atom. The predicted octanol–water partition coefficient (Wildman–Crippen LogP) is 3.49. The van der Waals surface area contributed by atoms with Crippen molar-refractivity contribution in [2.45, 2.75) is 25.9 Å². The van der Waals surface area contributed by atoms with Crippen LogP contribution in [0.2, 0.25) is 0 Å². The number of ether oxygens (including phenoxy) is 1. The third kappa shape index (κ3) is 5.44. The maximum absolute atomic E-state index is 13.5. The second-order valence-electron chi connectivity index (χ2n) is 9.13. The van der Waals surface area contributed by atoms with Crippen molar-refractivity contribution in [1.29, 1.82) is 0 Å². The summed E-state index contributed by atoms with van der Waals surface area (Å²) in [6.45, 7) is 6.48. The minimum Gasteiger partial charge on any atom is -0.497 e. The molecular formula is C27H31N5O3. The molecule has 5 rings (SSSR count). The Balaban J connectivity index is 1.26. The van der Waals surface area contributed by atoms with Crippen molar-refractivity contribution in [3.05, 3.63) is 83.2 Å². The number of methoxy groups -OCH3 is 1. The van der Waals surface area contributed by atoms with Gasteiger partial charge in [-0.25, -0.2) is 5.01 Å². The average molecular weight is 474 g/mol.